The highest BCUT2D eigenvalue weighted by atomic mass is 16.5. The maximum absolute atomic E-state index is 5.81. The van der Waals surface area contributed by atoms with Gasteiger partial charge in [-0.2, -0.15) is 0 Å². The minimum atomic E-state index is 0.365. The van der Waals surface area contributed by atoms with E-state index < -0.39 is 0 Å². The first-order valence-corrected chi connectivity index (χ1v) is 5.93. The third kappa shape index (κ3) is 2.33. The molecule has 1 aliphatic carbocycles. The first-order valence-electron chi connectivity index (χ1n) is 5.93. The summed E-state index contributed by atoms with van der Waals surface area (Å²) in [5.74, 6) is 0. The van der Waals surface area contributed by atoms with Crippen LogP contribution >= 0.6 is 0 Å². The summed E-state index contributed by atoms with van der Waals surface area (Å²) < 4.78 is 11.0. The Labute approximate surface area is 91.7 Å². The quantitative estimate of drug-likeness (QED) is 0.727. The van der Waals surface area contributed by atoms with Crippen molar-refractivity contribution in [2.24, 2.45) is 5.73 Å². The minimum absolute atomic E-state index is 0.365. The van der Waals surface area contributed by atoms with Crippen LogP contribution in [0.15, 0.2) is 0 Å². The highest BCUT2D eigenvalue weighted by Crippen LogP contribution is 2.30. The molecular weight excluding hydrogens is 192 g/mol. The summed E-state index contributed by atoms with van der Waals surface area (Å²) in [4.78, 5) is 2.50. The predicted octanol–water partition coefficient (Wildman–Crippen LogP) is 0.213. The van der Waals surface area contributed by atoms with Gasteiger partial charge >= 0.3 is 0 Å². The maximum atomic E-state index is 5.81. The molecule has 2 rings (SSSR count). The summed E-state index contributed by atoms with van der Waals surface area (Å²) in [5, 5.41) is 0. The molecule has 1 saturated heterocycles. The zero-order valence-electron chi connectivity index (χ0n) is 9.52. The first-order chi connectivity index (χ1) is 7.36. The van der Waals surface area contributed by atoms with Gasteiger partial charge in [0.05, 0.1) is 19.3 Å². The number of morpholine rings is 1. The van der Waals surface area contributed by atoms with Crippen molar-refractivity contribution in [3.8, 4) is 0 Å². The fourth-order valence-electron chi connectivity index (χ4n) is 2.90. The van der Waals surface area contributed by atoms with Crippen molar-refractivity contribution in [2.45, 2.75) is 37.5 Å². The normalized spacial score (nSPS) is 34.0. The van der Waals surface area contributed by atoms with E-state index in [1.807, 2.05) is 0 Å². The highest BCUT2D eigenvalue weighted by Gasteiger charge is 2.38. The largest absolute Gasteiger partial charge is 0.383 e. The molecule has 1 aliphatic heterocycles. The Bertz CT molecular complexity index is 201. The van der Waals surface area contributed by atoms with E-state index in [-0.39, 0.29) is 0 Å². The molecule has 1 heterocycles. The molecule has 0 radical (unpaired) electrons. The van der Waals surface area contributed by atoms with E-state index >= 15 is 0 Å². The molecule has 4 nitrogen and oxygen atoms in total. The lowest BCUT2D eigenvalue weighted by Crippen LogP contribution is -2.56. The van der Waals surface area contributed by atoms with Gasteiger partial charge in [0.25, 0.3) is 0 Å². The molecule has 3 atom stereocenters. The van der Waals surface area contributed by atoms with Gasteiger partial charge in [0, 0.05) is 32.3 Å². The number of fused-ring (bicyclic) bond motifs is 1. The summed E-state index contributed by atoms with van der Waals surface area (Å²) in [6.07, 6.45) is 4.21. The van der Waals surface area contributed by atoms with E-state index in [1.165, 1.54) is 19.3 Å². The molecule has 0 aromatic rings. The van der Waals surface area contributed by atoms with Crippen LogP contribution in [0.3, 0.4) is 0 Å². The van der Waals surface area contributed by atoms with E-state index in [4.69, 9.17) is 15.2 Å². The molecule has 15 heavy (non-hydrogen) atoms. The number of nitrogens with zero attached hydrogens (tertiary/aromatic N) is 1. The van der Waals surface area contributed by atoms with Crippen molar-refractivity contribution in [2.75, 3.05) is 33.4 Å². The lowest BCUT2D eigenvalue weighted by atomic mass is 10.1. The number of hydrogen-bond donors (Lipinski definition) is 1. The van der Waals surface area contributed by atoms with Crippen LogP contribution in [0.25, 0.3) is 0 Å². The first kappa shape index (κ1) is 11.3. The van der Waals surface area contributed by atoms with Gasteiger partial charge in [-0.25, -0.2) is 0 Å². The minimum Gasteiger partial charge on any atom is -0.383 e. The van der Waals surface area contributed by atoms with Crippen LogP contribution in [0.1, 0.15) is 19.3 Å². The molecule has 3 unspecified atom stereocenters. The second-order valence-corrected chi connectivity index (χ2v) is 4.49. The molecule has 0 aromatic heterocycles. The predicted molar refractivity (Wildman–Crippen MR) is 58.8 cm³/mol. The molecule has 0 aromatic carbocycles. The van der Waals surface area contributed by atoms with Crippen molar-refractivity contribution in [1.29, 1.82) is 0 Å². The van der Waals surface area contributed by atoms with Crippen LogP contribution in [0.2, 0.25) is 0 Å². The van der Waals surface area contributed by atoms with Crippen molar-refractivity contribution < 1.29 is 9.47 Å². The molecule has 0 bridgehead atoms. The van der Waals surface area contributed by atoms with Gasteiger partial charge in [-0.1, -0.05) is 0 Å². The second-order valence-electron chi connectivity index (χ2n) is 4.49. The van der Waals surface area contributed by atoms with Crippen molar-refractivity contribution in [3.05, 3.63) is 0 Å². The van der Waals surface area contributed by atoms with Gasteiger partial charge in [-0.3, -0.25) is 4.90 Å². The summed E-state index contributed by atoms with van der Waals surface area (Å²) >= 11 is 0. The summed E-state index contributed by atoms with van der Waals surface area (Å²) in [5.41, 5.74) is 5.81. The van der Waals surface area contributed by atoms with Crippen molar-refractivity contribution >= 4 is 0 Å². The fourth-order valence-corrected chi connectivity index (χ4v) is 2.90. The Morgan fingerprint density at radius 3 is 3.13 bits per heavy atom. The third-order valence-electron chi connectivity index (χ3n) is 3.63. The maximum Gasteiger partial charge on any atom is 0.0731 e. The smallest absolute Gasteiger partial charge is 0.0731 e. The molecule has 2 N–H and O–H groups in total. The summed E-state index contributed by atoms with van der Waals surface area (Å²) in [6.45, 7) is 3.27. The van der Waals surface area contributed by atoms with Crippen LogP contribution in [0, 0.1) is 0 Å². The molecule has 2 fully saturated rings. The Morgan fingerprint density at radius 2 is 2.40 bits per heavy atom. The monoisotopic (exact) mass is 214 g/mol. The lowest BCUT2D eigenvalue weighted by molar-refractivity contribution is -0.0794. The van der Waals surface area contributed by atoms with E-state index in [1.54, 1.807) is 7.11 Å². The molecule has 2 aliphatic rings. The fraction of sp³-hybridized carbons (Fsp3) is 1.00. The van der Waals surface area contributed by atoms with Crippen LogP contribution < -0.4 is 5.73 Å². The summed E-state index contributed by atoms with van der Waals surface area (Å²) in [6, 6.07) is 0.951. The summed E-state index contributed by atoms with van der Waals surface area (Å²) in [7, 11) is 1.75. The number of nitrogens with two attached hydrogens (primary N) is 1. The van der Waals surface area contributed by atoms with Crippen molar-refractivity contribution in [1.82, 2.24) is 4.90 Å². The Kier molecular flexibility index (Phi) is 3.97. The van der Waals surface area contributed by atoms with E-state index in [0.29, 0.717) is 24.7 Å². The zero-order valence-corrected chi connectivity index (χ0v) is 9.52. The topological polar surface area (TPSA) is 47.7 Å². The number of methoxy groups -OCH3 is 1. The average molecular weight is 214 g/mol. The molecule has 4 heteroatoms. The van der Waals surface area contributed by atoms with Gasteiger partial charge in [0.1, 0.15) is 0 Å². The van der Waals surface area contributed by atoms with Crippen LogP contribution in [-0.2, 0) is 9.47 Å². The third-order valence-corrected chi connectivity index (χ3v) is 3.63. The van der Waals surface area contributed by atoms with Crippen LogP contribution in [-0.4, -0.2) is 56.5 Å². The van der Waals surface area contributed by atoms with Gasteiger partial charge in [0.2, 0.25) is 0 Å². The lowest BCUT2D eigenvalue weighted by Gasteiger charge is -2.42. The van der Waals surface area contributed by atoms with Gasteiger partial charge in [-0.05, 0) is 19.3 Å². The molecular formula is C11H22N2O2. The molecule has 0 amide bonds. The van der Waals surface area contributed by atoms with Gasteiger partial charge < -0.3 is 15.2 Å². The molecule has 88 valence electrons. The number of ether oxygens (including phenoxy) is 2. The molecule has 0 spiro atoms. The van der Waals surface area contributed by atoms with E-state index in [2.05, 4.69) is 4.90 Å². The second kappa shape index (κ2) is 5.25. The van der Waals surface area contributed by atoms with Crippen LogP contribution in [0.4, 0.5) is 0 Å². The van der Waals surface area contributed by atoms with Crippen LogP contribution in [0.5, 0.6) is 0 Å². The Hall–Kier alpha value is -0.160. The average Bonchev–Trinajstić information content (AvgIpc) is 2.73. The van der Waals surface area contributed by atoms with E-state index in [0.717, 1.165) is 19.8 Å². The number of hydrogen-bond acceptors (Lipinski definition) is 4. The zero-order chi connectivity index (χ0) is 10.7. The molecule has 1 saturated carbocycles. The van der Waals surface area contributed by atoms with Crippen molar-refractivity contribution in [3.63, 3.8) is 0 Å². The Balaban J connectivity index is 1.99. The van der Waals surface area contributed by atoms with Gasteiger partial charge in [-0.15, -0.1) is 0 Å². The number of rotatable bonds is 4. The van der Waals surface area contributed by atoms with E-state index in [9.17, 15) is 0 Å². The Morgan fingerprint density at radius 1 is 1.53 bits per heavy atom. The highest BCUT2D eigenvalue weighted by molar-refractivity contribution is 4.92. The SMILES string of the molecule is COCC(CN)N1CCOC2CCCC21. The van der Waals surface area contributed by atoms with Gasteiger partial charge in [0.15, 0.2) is 0 Å². The standard InChI is InChI=1S/C11H22N2O2/c1-14-8-9(7-12)13-5-6-15-11-4-2-3-10(11)13/h9-11H,2-8,12H2,1H3.